The van der Waals surface area contributed by atoms with Crippen LogP contribution in [0.4, 0.5) is 0 Å². The fraction of sp³-hybridized carbons (Fsp3) is 0.889. The van der Waals surface area contributed by atoms with Gasteiger partial charge in [-0.2, -0.15) is 0 Å². The van der Waals surface area contributed by atoms with E-state index in [9.17, 15) is 15.0 Å². The van der Waals surface area contributed by atoms with Crippen LogP contribution in [0.2, 0.25) is 0 Å². The number of allylic oxidation sites excluding steroid dienone is 1. The smallest absolute Gasteiger partial charge is 0.306 e. The number of aliphatic carboxylic acids is 1. The van der Waals surface area contributed by atoms with E-state index in [0.29, 0.717) is 30.1 Å². The minimum Gasteiger partial charge on any atom is -0.481 e. The minimum atomic E-state index is -3.03. The number of aliphatic hydroxyl groups excluding tert-OH is 1. The normalized spacial score (nSPS) is 49.9. The maximum atomic E-state index is 11.6. The molecule has 0 aromatic carbocycles. The Balaban J connectivity index is 1.46. The second-order valence-corrected chi connectivity index (χ2v) is 11.4. The van der Waals surface area contributed by atoms with E-state index in [1.807, 2.05) is 0 Å². The summed E-state index contributed by atoms with van der Waals surface area (Å²) < 4.78 is 39.1. The lowest BCUT2D eigenvalue weighted by molar-refractivity contribution is -0.141. The van der Waals surface area contributed by atoms with Crippen molar-refractivity contribution in [3.05, 3.63) is 11.6 Å². The molecular weight excluding hydrogens is 372 g/mol. The maximum absolute atomic E-state index is 11.6. The van der Waals surface area contributed by atoms with E-state index < -0.39 is 25.1 Å². The van der Waals surface area contributed by atoms with Crippen LogP contribution in [0.15, 0.2) is 11.6 Å². The van der Waals surface area contributed by atoms with Crippen molar-refractivity contribution < 1.29 is 21.9 Å². The van der Waals surface area contributed by atoms with Gasteiger partial charge in [0.2, 0.25) is 0 Å². The molecule has 4 rings (SSSR count). The van der Waals surface area contributed by atoms with Crippen molar-refractivity contribution in [1.29, 1.82) is 0 Å². The van der Waals surface area contributed by atoms with Gasteiger partial charge in [0, 0.05) is 6.85 Å². The Hall–Kier alpha value is -0.830. The lowest BCUT2D eigenvalue weighted by Gasteiger charge is -2.58. The molecule has 4 aliphatic rings. The molecule has 0 aromatic rings. The number of hydrogen-bond acceptors (Lipinski definition) is 2. The summed E-state index contributed by atoms with van der Waals surface area (Å²) in [6.45, 7) is 4.03. The first kappa shape index (κ1) is 16.8. The van der Waals surface area contributed by atoms with E-state index in [1.165, 1.54) is 24.8 Å². The number of carbonyl (C=O) groups is 1. The predicted octanol–water partition coefficient (Wildman–Crippen LogP) is 6.45. The quantitative estimate of drug-likeness (QED) is 0.484. The molecule has 0 aliphatic heterocycles. The van der Waals surface area contributed by atoms with Gasteiger partial charge in [0.1, 0.15) is 0 Å². The summed E-state index contributed by atoms with van der Waals surface area (Å²) in [5.74, 6) is -1.78. The maximum Gasteiger partial charge on any atom is 0.306 e. The lowest BCUT2D eigenvalue weighted by Crippen LogP contribution is -2.50. The Morgan fingerprint density at radius 2 is 2.10 bits per heavy atom. The van der Waals surface area contributed by atoms with E-state index in [4.69, 9.17) is 6.85 Å². The Morgan fingerprint density at radius 3 is 2.83 bits per heavy atom. The Labute approximate surface area is 190 Å². The molecule has 170 valence electrons. The van der Waals surface area contributed by atoms with Gasteiger partial charge in [-0.25, -0.2) is 0 Å². The van der Waals surface area contributed by atoms with E-state index in [2.05, 4.69) is 26.8 Å². The van der Waals surface area contributed by atoms with Gasteiger partial charge in [-0.1, -0.05) is 52.1 Å². The van der Waals surface area contributed by atoms with Crippen molar-refractivity contribution in [2.45, 2.75) is 104 Å². The second kappa shape index (κ2) is 8.26. The molecule has 0 saturated heterocycles. The summed E-state index contributed by atoms with van der Waals surface area (Å²) in [5, 5.41) is 19.7. The van der Waals surface area contributed by atoms with E-state index in [0.717, 1.165) is 32.1 Å². The molecule has 2 N–H and O–H groups in total. The van der Waals surface area contributed by atoms with E-state index in [1.54, 1.807) is 0 Å². The molecule has 4 aliphatic carbocycles. The average molecular weight is 422 g/mol. The summed E-state index contributed by atoms with van der Waals surface area (Å²) in [5.41, 5.74) is 1.91. The fourth-order valence-electron chi connectivity index (χ4n) is 8.40. The number of fused-ring (bicyclic) bond motifs is 5. The van der Waals surface area contributed by atoms with Gasteiger partial charge >= 0.3 is 5.97 Å². The standard InChI is InChI=1S/C27H44O3/c1-17(6-5-7-18(2)25(29)30)22-10-11-23-21-9-8-19-16-20(28)12-14-26(19,3)24(21)13-15-27(22,23)4/h8,17-18,20-24,28H,5-7,9-16H2,1-4H3,(H,29,30)/t17-,18?,20+,21+,22-,23+,24+,26+,27-/m1/s1/i2D3,7D,18D/t7?,17-,18?,20+,21+,22-,23+,24+,26+,27-. The predicted molar refractivity (Wildman–Crippen MR) is 121 cm³/mol. The van der Waals surface area contributed by atoms with Crippen molar-refractivity contribution in [2.75, 3.05) is 0 Å². The average Bonchev–Trinajstić information content (AvgIpc) is 3.13. The fourth-order valence-corrected chi connectivity index (χ4v) is 8.40. The zero-order valence-electron chi connectivity index (χ0n) is 24.0. The number of rotatable bonds is 6. The Kier molecular flexibility index (Phi) is 4.61. The highest BCUT2D eigenvalue weighted by molar-refractivity contribution is 5.69. The molecular formula is C27H44O3. The van der Waals surface area contributed by atoms with Crippen molar-refractivity contribution in [1.82, 2.24) is 0 Å². The molecule has 0 amide bonds. The first-order valence-electron chi connectivity index (χ1n) is 14.8. The van der Waals surface area contributed by atoms with Gasteiger partial charge in [0.25, 0.3) is 0 Å². The molecule has 10 atom stereocenters. The SMILES string of the molecule is [2H]C(CC[C@@H](C)[C@H]1CC[C@H]2[C@@H]3CC=C4C[C@@H](O)CC[C@]4(C)[C@H]3CC[C@]12C)C([2H])(C(=O)O)C([2H])([2H])[2H]. The third-order valence-electron chi connectivity index (χ3n) is 10.0. The molecule has 2 unspecified atom stereocenters. The van der Waals surface area contributed by atoms with E-state index in [-0.39, 0.29) is 29.3 Å². The Bertz CT molecular complexity index is 858. The number of aliphatic hydroxyl groups is 1. The molecule has 0 spiro atoms. The second-order valence-electron chi connectivity index (χ2n) is 11.4. The Morgan fingerprint density at radius 1 is 1.30 bits per heavy atom. The van der Waals surface area contributed by atoms with Crippen molar-refractivity contribution in [2.24, 2.45) is 46.3 Å². The molecule has 3 heteroatoms. The highest BCUT2D eigenvalue weighted by atomic mass is 16.4. The van der Waals surface area contributed by atoms with Crippen LogP contribution in [0.5, 0.6) is 0 Å². The molecule has 3 nitrogen and oxygen atoms in total. The summed E-state index contributed by atoms with van der Waals surface area (Å²) in [6.07, 6.45) is 10.1. The number of carboxylic acid groups (broad SMARTS) is 1. The molecule has 0 aromatic heterocycles. The van der Waals surface area contributed by atoms with Gasteiger partial charge in [0.05, 0.1) is 12.0 Å². The van der Waals surface area contributed by atoms with Crippen molar-refractivity contribution in [3.8, 4) is 0 Å². The molecule has 30 heavy (non-hydrogen) atoms. The van der Waals surface area contributed by atoms with Crippen LogP contribution < -0.4 is 0 Å². The van der Waals surface area contributed by atoms with Crippen molar-refractivity contribution in [3.63, 3.8) is 0 Å². The third-order valence-corrected chi connectivity index (χ3v) is 10.0. The van der Waals surface area contributed by atoms with Gasteiger partial charge < -0.3 is 10.2 Å². The topological polar surface area (TPSA) is 57.5 Å². The zero-order chi connectivity index (χ0) is 26.0. The lowest BCUT2D eigenvalue weighted by atomic mass is 9.47. The van der Waals surface area contributed by atoms with Crippen LogP contribution in [-0.2, 0) is 4.79 Å². The third kappa shape index (κ3) is 3.67. The minimum absolute atomic E-state index is 0.116. The van der Waals surface area contributed by atoms with Gasteiger partial charge in [-0.05, 0) is 98.2 Å². The summed E-state index contributed by atoms with van der Waals surface area (Å²) in [7, 11) is 0. The van der Waals surface area contributed by atoms with Gasteiger partial charge in [-0.15, -0.1) is 0 Å². The van der Waals surface area contributed by atoms with E-state index >= 15 is 0 Å². The highest BCUT2D eigenvalue weighted by Crippen LogP contribution is 2.67. The molecule has 0 radical (unpaired) electrons. The zero-order valence-corrected chi connectivity index (χ0v) is 19.0. The largest absolute Gasteiger partial charge is 0.481 e. The molecule has 0 bridgehead atoms. The number of carboxylic acids is 1. The van der Waals surface area contributed by atoms with Crippen LogP contribution in [0.25, 0.3) is 0 Å². The van der Waals surface area contributed by atoms with Crippen LogP contribution in [0, 0.1) is 46.3 Å². The van der Waals surface area contributed by atoms with Gasteiger partial charge in [-0.3, -0.25) is 4.79 Å². The van der Waals surface area contributed by atoms with Crippen LogP contribution >= 0.6 is 0 Å². The summed E-state index contributed by atoms with van der Waals surface area (Å²) >= 11 is 0. The van der Waals surface area contributed by atoms with Crippen molar-refractivity contribution >= 4 is 5.97 Å². The molecule has 3 saturated carbocycles. The first-order valence-corrected chi connectivity index (χ1v) is 12.2. The van der Waals surface area contributed by atoms with Crippen LogP contribution in [-0.4, -0.2) is 22.3 Å². The number of hydrogen-bond donors (Lipinski definition) is 2. The summed E-state index contributed by atoms with van der Waals surface area (Å²) in [4.78, 5) is 11.6. The highest BCUT2D eigenvalue weighted by Gasteiger charge is 2.59. The summed E-state index contributed by atoms with van der Waals surface area (Å²) in [6, 6.07) is 0. The van der Waals surface area contributed by atoms with Crippen LogP contribution in [0.1, 0.15) is 105 Å². The molecule has 0 heterocycles. The monoisotopic (exact) mass is 421 g/mol. The molecule has 3 fully saturated rings. The van der Waals surface area contributed by atoms with Gasteiger partial charge in [0.15, 0.2) is 0 Å². The van der Waals surface area contributed by atoms with Crippen LogP contribution in [0.3, 0.4) is 0 Å². The first-order chi connectivity index (χ1) is 16.2.